The van der Waals surface area contributed by atoms with E-state index in [1.54, 1.807) is 24.3 Å². The number of rotatable bonds is 7. The van der Waals surface area contributed by atoms with Crippen molar-refractivity contribution in [2.75, 3.05) is 18.9 Å². The highest BCUT2D eigenvalue weighted by molar-refractivity contribution is 7.89. The van der Waals surface area contributed by atoms with E-state index >= 15 is 0 Å². The second kappa shape index (κ2) is 8.53. The average Bonchev–Trinajstić information content (AvgIpc) is 2.54. The maximum atomic E-state index is 12.5. The summed E-state index contributed by atoms with van der Waals surface area (Å²) in [6.45, 7) is 3.49. The summed E-state index contributed by atoms with van der Waals surface area (Å²) >= 11 is 5.78. The molecule has 2 aromatic carbocycles. The van der Waals surface area contributed by atoms with E-state index in [0.29, 0.717) is 16.5 Å². The van der Waals surface area contributed by atoms with Gasteiger partial charge in [-0.05, 0) is 50.2 Å². The van der Waals surface area contributed by atoms with Crippen molar-refractivity contribution in [1.29, 1.82) is 0 Å². The smallest absolute Gasteiger partial charge is 0.243 e. The summed E-state index contributed by atoms with van der Waals surface area (Å²) in [4.78, 5) is 12.3. The number of benzene rings is 2. The molecule has 0 bridgehead atoms. The number of hydrogen-bond donors (Lipinski definition) is 1. The fourth-order valence-electron chi connectivity index (χ4n) is 2.19. The van der Waals surface area contributed by atoms with Crippen LogP contribution in [0.4, 0.5) is 5.69 Å². The standard InChI is InChI=1S/C18H21ClN2O4S/c1-13(2)25-16-6-4-5-15(11-16)20-18(22)12-21(3)26(23,24)17-9-7-14(19)8-10-17/h4-11,13H,12H2,1-3H3,(H,20,22). The van der Waals surface area contributed by atoms with Gasteiger partial charge in [-0.3, -0.25) is 4.79 Å². The minimum Gasteiger partial charge on any atom is -0.491 e. The van der Waals surface area contributed by atoms with Crippen molar-refractivity contribution >= 4 is 33.2 Å². The van der Waals surface area contributed by atoms with Crippen molar-refractivity contribution in [2.45, 2.75) is 24.8 Å². The molecular formula is C18H21ClN2O4S. The molecule has 26 heavy (non-hydrogen) atoms. The normalized spacial score (nSPS) is 11.6. The first-order valence-corrected chi connectivity index (χ1v) is 9.79. The van der Waals surface area contributed by atoms with Crippen LogP contribution in [-0.4, -0.2) is 38.3 Å². The Balaban J connectivity index is 2.04. The largest absolute Gasteiger partial charge is 0.491 e. The van der Waals surface area contributed by atoms with Gasteiger partial charge in [0.15, 0.2) is 0 Å². The zero-order chi connectivity index (χ0) is 19.3. The zero-order valence-corrected chi connectivity index (χ0v) is 16.3. The molecular weight excluding hydrogens is 376 g/mol. The van der Waals surface area contributed by atoms with E-state index in [0.717, 1.165) is 4.31 Å². The number of carbonyl (C=O) groups excluding carboxylic acids is 1. The zero-order valence-electron chi connectivity index (χ0n) is 14.8. The molecule has 6 nitrogen and oxygen atoms in total. The van der Waals surface area contributed by atoms with Crippen molar-refractivity contribution in [2.24, 2.45) is 0 Å². The number of nitrogens with zero attached hydrogens (tertiary/aromatic N) is 1. The lowest BCUT2D eigenvalue weighted by Gasteiger charge is -2.17. The number of likely N-dealkylation sites (N-methyl/N-ethyl adjacent to an activating group) is 1. The molecule has 0 atom stereocenters. The Morgan fingerprint density at radius 3 is 2.46 bits per heavy atom. The molecule has 1 amide bonds. The Bertz CT molecular complexity index is 867. The highest BCUT2D eigenvalue weighted by Crippen LogP contribution is 2.20. The molecule has 0 aromatic heterocycles. The molecule has 0 fully saturated rings. The molecule has 0 aliphatic rings. The van der Waals surface area contributed by atoms with E-state index in [1.807, 2.05) is 13.8 Å². The summed E-state index contributed by atoms with van der Waals surface area (Å²) in [6, 6.07) is 12.7. The van der Waals surface area contributed by atoms with E-state index in [9.17, 15) is 13.2 Å². The first-order chi connectivity index (χ1) is 12.2. The Labute approximate surface area is 158 Å². The van der Waals surface area contributed by atoms with Gasteiger partial charge in [-0.1, -0.05) is 17.7 Å². The van der Waals surface area contributed by atoms with Crippen LogP contribution in [0, 0.1) is 0 Å². The molecule has 2 rings (SSSR count). The van der Waals surface area contributed by atoms with Crippen LogP contribution in [-0.2, 0) is 14.8 Å². The number of nitrogens with one attached hydrogen (secondary N) is 1. The Kier molecular flexibility index (Phi) is 6.63. The maximum absolute atomic E-state index is 12.5. The van der Waals surface area contributed by atoms with Gasteiger partial charge >= 0.3 is 0 Å². The van der Waals surface area contributed by atoms with Gasteiger partial charge in [0, 0.05) is 23.8 Å². The molecule has 0 aliphatic carbocycles. The maximum Gasteiger partial charge on any atom is 0.243 e. The van der Waals surface area contributed by atoms with Gasteiger partial charge in [0.05, 0.1) is 17.5 Å². The lowest BCUT2D eigenvalue weighted by Crippen LogP contribution is -2.34. The lowest BCUT2D eigenvalue weighted by molar-refractivity contribution is -0.116. The topological polar surface area (TPSA) is 75.7 Å². The number of halogens is 1. The van der Waals surface area contributed by atoms with Gasteiger partial charge in [-0.15, -0.1) is 0 Å². The third-order valence-electron chi connectivity index (χ3n) is 3.38. The van der Waals surface area contributed by atoms with Gasteiger partial charge < -0.3 is 10.1 Å². The summed E-state index contributed by atoms with van der Waals surface area (Å²) in [7, 11) is -2.43. The van der Waals surface area contributed by atoms with E-state index in [-0.39, 0.29) is 17.5 Å². The molecule has 0 saturated heterocycles. The van der Waals surface area contributed by atoms with Crippen LogP contribution in [0.25, 0.3) is 0 Å². The molecule has 0 saturated carbocycles. The van der Waals surface area contributed by atoms with Crippen molar-refractivity contribution in [3.05, 3.63) is 53.6 Å². The Morgan fingerprint density at radius 2 is 1.85 bits per heavy atom. The average molecular weight is 397 g/mol. The molecule has 2 aromatic rings. The van der Waals surface area contributed by atoms with Gasteiger partial charge in [0.2, 0.25) is 15.9 Å². The predicted octanol–water partition coefficient (Wildman–Crippen LogP) is 3.39. The first kappa shape index (κ1) is 20.2. The predicted molar refractivity (Wildman–Crippen MR) is 102 cm³/mol. The van der Waals surface area contributed by atoms with Gasteiger partial charge in [-0.25, -0.2) is 8.42 Å². The molecule has 0 unspecified atom stereocenters. The lowest BCUT2D eigenvalue weighted by atomic mass is 10.3. The first-order valence-electron chi connectivity index (χ1n) is 7.97. The van der Waals surface area contributed by atoms with Crippen LogP contribution in [0.2, 0.25) is 5.02 Å². The van der Waals surface area contributed by atoms with Crippen molar-refractivity contribution < 1.29 is 17.9 Å². The van der Waals surface area contributed by atoms with E-state index in [1.165, 1.54) is 31.3 Å². The van der Waals surface area contributed by atoms with Crippen LogP contribution in [0.3, 0.4) is 0 Å². The van der Waals surface area contributed by atoms with Gasteiger partial charge in [-0.2, -0.15) is 4.31 Å². The third kappa shape index (κ3) is 5.45. The molecule has 0 heterocycles. The number of sulfonamides is 1. The number of ether oxygens (including phenoxy) is 1. The summed E-state index contributed by atoms with van der Waals surface area (Å²) in [5.41, 5.74) is 0.533. The molecule has 0 aliphatic heterocycles. The van der Waals surface area contributed by atoms with Crippen LogP contribution in [0.5, 0.6) is 5.75 Å². The summed E-state index contributed by atoms with van der Waals surface area (Å²) in [5, 5.41) is 3.11. The van der Waals surface area contributed by atoms with Crippen LogP contribution in [0.1, 0.15) is 13.8 Å². The van der Waals surface area contributed by atoms with Crippen LogP contribution < -0.4 is 10.1 Å². The fraction of sp³-hybridized carbons (Fsp3) is 0.278. The second-order valence-corrected chi connectivity index (χ2v) is 8.44. The quantitative estimate of drug-likeness (QED) is 0.778. The van der Waals surface area contributed by atoms with Crippen molar-refractivity contribution in [1.82, 2.24) is 4.31 Å². The van der Waals surface area contributed by atoms with Crippen molar-refractivity contribution in [3.8, 4) is 5.75 Å². The summed E-state index contributed by atoms with van der Waals surface area (Å²) < 4.78 is 31.5. The number of hydrogen-bond acceptors (Lipinski definition) is 4. The number of amides is 1. The summed E-state index contributed by atoms with van der Waals surface area (Å²) in [5.74, 6) is 0.173. The molecule has 1 N–H and O–H groups in total. The van der Waals surface area contributed by atoms with Crippen molar-refractivity contribution in [3.63, 3.8) is 0 Å². The number of carbonyl (C=O) groups is 1. The summed E-state index contributed by atoms with van der Waals surface area (Å²) in [6.07, 6.45) is 0.0107. The van der Waals surface area contributed by atoms with E-state index < -0.39 is 15.9 Å². The highest BCUT2D eigenvalue weighted by Gasteiger charge is 2.23. The highest BCUT2D eigenvalue weighted by atomic mass is 35.5. The van der Waals surface area contributed by atoms with Crippen LogP contribution in [0.15, 0.2) is 53.4 Å². The molecule has 140 valence electrons. The molecule has 8 heteroatoms. The SMILES string of the molecule is CC(C)Oc1cccc(NC(=O)CN(C)S(=O)(=O)c2ccc(Cl)cc2)c1. The van der Waals surface area contributed by atoms with Gasteiger partial charge in [0.25, 0.3) is 0 Å². The van der Waals surface area contributed by atoms with E-state index in [4.69, 9.17) is 16.3 Å². The number of anilines is 1. The monoisotopic (exact) mass is 396 g/mol. The van der Waals surface area contributed by atoms with Crippen LogP contribution >= 0.6 is 11.6 Å². The fourth-order valence-corrected chi connectivity index (χ4v) is 3.45. The molecule has 0 radical (unpaired) electrons. The third-order valence-corrected chi connectivity index (χ3v) is 5.45. The molecule has 0 spiro atoms. The van der Waals surface area contributed by atoms with Gasteiger partial charge in [0.1, 0.15) is 5.75 Å². The minimum atomic E-state index is -3.78. The Morgan fingerprint density at radius 1 is 1.19 bits per heavy atom. The second-order valence-electron chi connectivity index (χ2n) is 5.96. The Hall–Kier alpha value is -2.09. The van der Waals surface area contributed by atoms with E-state index in [2.05, 4.69) is 5.32 Å². The minimum absolute atomic E-state index is 0.0107.